The molecule has 1 fully saturated rings. The number of carbonyl (C=O) groups is 1. The second-order valence-electron chi connectivity index (χ2n) is 7.01. The summed E-state index contributed by atoms with van der Waals surface area (Å²) in [6, 6.07) is 4.72. The van der Waals surface area contributed by atoms with Crippen molar-refractivity contribution in [2.75, 3.05) is 18.4 Å². The third-order valence-electron chi connectivity index (χ3n) is 5.12. The van der Waals surface area contributed by atoms with Gasteiger partial charge in [-0.25, -0.2) is 19.7 Å². The van der Waals surface area contributed by atoms with Crippen LogP contribution < -0.4 is 5.32 Å². The topological polar surface area (TPSA) is 96.2 Å². The number of imidazole rings is 1. The molecule has 30 heavy (non-hydrogen) atoms. The molecule has 0 saturated carbocycles. The third kappa shape index (κ3) is 3.62. The van der Waals surface area contributed by atoms with E-state index in [1.165, 1.54) is 23.4 Å². The van der Waals surface area contributed by atoms with Crippen LogP contribution in [-0.2, 0) is 12.7 Å². The molecular weight excluding hydrogens is 401 g/mol. The lowest BCUT2D eigenvalue weighted by atomic mass is 10.1. The summed E-state index contributed by atoms with van der Waals surface area (Å²) in [5.41, 5.74) is 0.851. The van der Waals surface area contributed by atoms with Crippen LogP contribution in [0.3, 0.4) is 0 Å². The standard InChI is InChI=1S/C19H19F3N6O2/c1-2-28-16(11-3-5-12(6-4-11)19(20,21)22)26-14-15(23-10-24-17(14)28)25-13-7-8-27(9-13)18(29)30/h3-6,10,13H,2,7-9H2,1H3,(H,29,30)(H,23,24,25). The molecule has 158 valence electrons. The van der Waals surface area contributed by atoms with E-state index in [2.05, 4.69) is 20.3 Å². The first-order chi connectivity index (χ1) is 14.3. The Morgan fingerprint density at radius 3 is 2.60 bits per heavy atom. The van der Waals surface area contributed by atoms with Gasteiger partial charge in [-0.2, -0.15) is 13.2 Å². The minimum absolute atomic E-state index is 0.111. The Kier molecular flexibility index (Phi) is 4.96. The Bertz CT molecular complexity index is 1080. The number of anilines is 1. The fourth-order valence-electron chi connectivity index (χ4n) is 3.62. The fraction of sp³-hybridized carbons (Fsp3) is 0.368. The predicted octanol–water partition coefficient (Wildman–Crippen LogP) is 3.70. The molecule has 1 aliphatic heterocycles. The van der Waals surface area contributed by atoms with Crippen LogP contribution in [-0.4, -0.2) is 54.8 Å². The maximum atomic E-state index is 12.9. The van der Waals surface area contributed by atoms with Gasteiger partial charge < -0.3 is 19.9 Å². The molecule has 1 saturated heterocycles. The minimum atomic E-state index is -4.41. The number of carboxylic acid groups (broad SMARTS) is 1. The lowest BCUT2D eigenvalue weighted by Crippen LogP contribution is -2.30. The van der Waals surface area contributed by atoms with Crippen LogP contribution in [0.25, 0.3) is 22.6 Å². The number of aryl methyl sites for hydroxylation is 1. The molecule has 0 spiro atoms. The summed E-state index contributed by atoms with van der Waals surface area (Å²) in [6.07, 6.45) is -3.35. The molecule has 3 aromatic rings. The van der Waals surface area contributed by atoms with Crippen molar-refractivity contribution in [2.24, 2.45) is 0 Å². The molecule has 4 rings (SSSR count). The Morgan fingerprint density at radius 2 is 2.00 bits per heavy atom. The molecule has 1 aromatic carbocycles. The van der Waals surface area contributed by atoms with E-state index >= 15 is 0 Å². The number of nitrogens with one attached hydrogen (secondary N) is 1. The first-order valence-electron chi connectivity index (χ1n) is 9.41. The van der Waals surface area contributed by atoms with Crippen LogP contribution in [0.15, 0.2) is 30.6 Å². The fourth-order valence-corrected chi connectivity index (χ4v) is 3.62. The highest BCUT2D eigenvalue weighted by Gasteiger charge is 2.30. The summed E-state index contributed by atoms with van der Waals surface area (Å²) in [7, 11) is 0. The van der Waals surface area contributed by atoms with Crippen molar-refractivity contribution in [3.63, 3.8) is 0 Å². The molecule has 0 radical (unpaired) electrons. The number of rotatable bonds is 4. The lowest BCUT2D eigenvalue weighted by Gasteiger charge is -2.14. The average Bonchev–Trinajstić information content (AvgIpc) is 3.32. The Hall–Kier alpha value is -3.37. The summed E-state index contributed by atoms with van der Waals surface area (Å²) >= 11 is 0. The van der Waals surface area contributed by atoms with E-state index in [4.69, 9.17) is 5.11 Å². The van der Waals surface area contributed by atoms with Crippen LogP contribution in [0.1, 0.15) is 18.9 Å². The quantitative estimate of drug-likeness (QED) is 0.668. The van der Waals surface area contributed by atoms with Gasteiger partial charge in [0, 0.05) is 31.2 Å². The summed E-state index contributed by atoms with van der Waals surface area (Å²) in [5.74, 6) is 0.959. The number of likely N-dealkylation sites (tertiary alicyclic amines) is 1. The zero-order valence-corrected chi connectivity index (χ0v) is 16.0. The normalized spacial score (nSPS) is 16.9. The van der Waals surface area contributed by atoms with Gasteiger partial charge >= 0.3 is 12.3 Å². The van der Waals surface area contributed by atoms with Gasteiger partial charge in [-0.15, -0.1) is 0 Å². The van der Waals surface area contributed by atoms with Gasteiger partial charge in [0.2, 0.25) is 0 Å². The summed E-state index contributed by atoms with van der Waals surface area (Å²) in [4.78, 5) is 25.6. The minimum Gasteiger partial charge on any atom is -0.465 e. The van der Waals surface area contributed by atoms with Crippen molar-refractivity contribution in [3.05, 3.63) is 36.2 Å². The van der Waals surface area contributed by atoms with E-state index in [9.17, 15) is 18.0 Å². The molecule has 1 amide bonds. The molecule has 2 aromatic heterocycles. The third-order valence-corrected chi connectivity index (χ3v) is 5.12. The summed E-state index contributed by atoms with van der Waals surface area (Å²) < 4.78 is 40.4. The number of hydrogen-bond acceptors (Lipinski definition) is 5. The van der Waals surface area contributed by atoms with Crippen molar-refractivity contribution in [2.45, 2.75) is 32.1 Å². The highest BCUT2D eigenvalue weighted by atomic mass is 19.4. The molecule has 8 nitrogen and oxygen atoms in total. The number of aromatic nitrogens is 4. The number of amides is 1. The van der Waals surface area contributed by atoms with E-state index in [1.54, 1.807) is 0 Å². The zero-order chi connectivity index (χ0) is 21.5. The van der Waals surface area contributed by atoms with Crippen molar-refractivity contribution in [1.82, 2.24) is 24.4 Å². The number of benzene rings is 1. The second-order valence-corrected chi connectivity index (χ2v) is 7.01. The van der Waals surface area contributed by atoms with E-state index in [0.717, 1.165) is 12.1 Å². The maximum absolute atomic E-state index is 12.9. The van der Waals surface area contributed by atoms with Crippen molar-refractivity contribution >= 4 is 23.1 Å². The molecular formula is C19H19F3N6O2. The largest absolute Gasteiger partial charge is 0.465 e. The molecule has 0 aliphatic carbocycles. The van der Waals surface area contributed by atoms with E-state index in [0.29, 0.717) is 54.4 Å². The van der Waals surface area contributed by atoms with Gasteiger partial charge in [0.25, 0.3) is 0 Å². The smallest absolute Gasteiger partial charge is 0.416 e. The number of hydrogen-bond donors (Lipinski definition) is 2. The number of nitrogens with zero attached hydrogens (tertiary/aromatic N) is 5. The van der Waals surface area contributed by atoms with Crippen LogP contribution in [0, 0.1) is 0 Å². The SMILES string of the molecule is CCn1c(-c2ccc(C(F)(F)F)cc2)nc2c(NC3CCN(C(=O)O)C3)ncnc21. The number of halogens is 3. The van der Waals surface area contributed by atoms with Gasteiger partial charge in [-0.1, -0.05) is 12.1 Å². The van der Waals surface area contributed by atoms with Gasteiger partial charge in [0.05, 0.1) is 5.56 Å². The predicted molar refractivity (Wildman–Crippen MR) is 103 cm³/mol. The van der Waals surface area contributed by atoms with Crippen molar-refractivity contribution in [3.8, 4) is 11.4 Å². The average molecular weight is 420 g/mol. The summed E-state index contributed by atoms with van der Waals surface area (Å²) in [6.45, 7) is 3.17. The molecule has 1 aliphatic rings. The van der Waals surface area contributed by atoms with Crippen molar-refractivity contribution in [1.29, 1.82) is 0 Å². The Morgan fingerprint density at radius 1 is 1.27 bits per heavy atom. The lowest BCUT2D eigenvalue weighted by molar-refractivity contribution is -0.137. The molecule has 3 heterocycles. The molecule has 1 atom stereocenters. The highest BCUT2D eigenvalue weighted by Crippen LogP contribution is 2.32. The van der Waals surface area contributed by atoms with Crippen LogP contribution in [0.4, 0.5) is 23.8 Å². The van der Waals surface area contributed by atoms with Crippen LogP contribution in [0.2, 0.25) is 0 Å². The maximum Gasteiger partial charge on any atom is 0.416 e. The molecule has 11 heteroatoms. The zero-order valence-electron chi connectivity index (χ0n) is 16.0. The second kappa shape index (κ2) is 7.47. The van der Waals surface area contributed by atoms with Gasteiger partial charge in [-0.3, -0.25) is 0 Å². The number of fused-ring (bicyclic) bond motifs is 1. The molecule has 1 unspecified atom stereocenters. The van der Waals surface area contributed by atoms with Gasteiger partial charge in [-0.05, 0) is 25.5 Å². The summed E-state index contributed by atoms with van der Waals surface area (Å²) in [5, 5.41) is 12.4. The number of alkyl halides is 3. The van der Waals surface area contributed by atoms with Crippen LogP contribution >= 0.6 is 0 Å². The highest BCUT2D eigenvalue weighted by molar-refractivity contribution is 5.86. The molecule has 0 bridgehead atoms. The Balaban J connectivity index is 1.69. The van der Waals surface area contributed by atoms with E-state index in [-0.39, 0.29) is 6.04 Å². The van der Waals surface area contributed by atoms with Crippen LogP contribution in [0.5, 0.6) is 0 Å². The van der Waals surface area contributed by atoms with Crippen molar-refractivity contribution < 1.29 is 23.1 Å². The monoisotopic (exact) mass is 420 g/mol. The molecule has 2 N–H and O–H groups in total. The van der Waals surface area contributed by atoms with Gasteiger partial charge in [0.15, 0.2) is 17.0 Å². The first-order valence-corrected chi connectivity index (χ1v) is 9.41. The first kappa shape index (κ1) is 19.9. The van der Waals surface area contributed by atoms with E-state index < -0.39 is 17.8 Å². The van der Waals surface area contributed by atoms with Gasteiger partial charge in [0.1, 0.15) is 12.2 Å². The van der Waals surface area contributed by atoms with E-state index in [1.807, 2.05) is 11.5 Å². The Labute approximate surface area is 169 Å².